The topological polar surface area (TPSA) is 54.3 Å². The van der Waals surface area contributed by atoms with Gasteiger partial charge < -0.3 is 9.64 Å². The molecule has 0 aliphatic heterocycles. The van der Waals surface area contributed by atoms with E-state index < -0.39 is 5.41 Å². The quantitative estimate of drug-likeness (QED) is 0.331. The van der Waals surface area contributed by atoms with Crippen LogP contribution in [0.2, 0.25) is 5.02 Å². The first-order valence-corrected chi connectivity index (χ1v) is 10.3. The van der Waals surface area contributed by atoms with Crippen molar-refractivity contribution in [2.75, 3.05) is 24.6 Å². The van der Waals surface area contributed by atoms with Gasteiger partial charge in [-0.1, -0.05) is 24.6 Å². The standard InChI is InChI=1S/C23H30ClN3O2/c1-6-23(4,5)22(28)29-15-14-27(7-2)19-11-9-18(10-12-19)25-26-21-13-8-17(3)16-20(21)24/h8-13,16H,6-7,14-15H2,1-5H3. The fourth-order valence-electron chi connectivity index (χ4n) is 2.59. The van der Waals surface area contributed by atoms with Crippen LogP contribution in [-0.2, 0) is 9.53 Å². The lowest BCUT2D eigenvalue weighted by molar-refractivity contribution is -0.153. The maximum absolute atomic E-state index is 12.1. The van der Waals surface area contributed by atoms with Crippen LogP contribution in [0.25, 0.3) is 0 Å². The van der Waals surface area contributed by atoms with Crippen molar-refractivity contribution in [3.63, 3.8) is 0 Å². The van der Waals surface area contributed by atoms with Gasteiger partial charge in [0.2, 0.25) is 0 Å². The number of nitrogens with zero attached hydrogens (tertiary/aromatic N) is 3. The number of carbonyl (C=O) groups excluding carboxylic acids is 1. The van der Waals surface area contributed by atoms with Crippen molar-refractivity contribution in [2.24, 2.45) is 15.6 Å². The number of ether oxygens (including phenoxy) is 1. The molecule has 0 N–H and O–H groups in total. The summed E-state index contributed by atoms with van der Waals surface area (Å²) < 4.78 is 5.46. The van der Waals surface area contributed by atoms with Crippen molar-refractivity contribution in [3.05, 3.63) is 53.1 Å². The van der Waals surface area contributed by atoms with E-state index in [0.717, 1.165) is 29.9 Å². The fourth-order valence-corrected chi connectivity index (χ4v) is 2.87. The van der Waals surface area contributed by atoms with Crippen molar-refractivity contribution < 1.29 is 9.53 Å². The number of esters is 1. The highest BCUT2D eigenvalue weighted by Crippen LogP contribution is 2.28. The highest BCUT2D eigenvalue weighted by Gasteiger charge is 2.26. The van der Waals surface area contributed by atoms with Gasteiger partial charge in [0, 0.05) is 12.2 Å². The third-order valence-corrected chi connectivity index (χ3v) is 5.31. The van der Waals surface area contributed by atoms with Gasteiger partial charge in [-0.25, -0.2) is 0 Å². The second-order valence-electron chi connectivity index (χ2n) is 7.62. The molecule has 2 aromatic rings. The number of hydrogen-bond donors (Lipinski definition) is 0. The monoisotopic (exact) mass is 415 g/mol. The summed E-state index contributed by atoms with van der Waals surface area (Å²) in [5, 5.41) is 9.09. The third-order valence-electron chi connectivity index (χ3n) is 5.00. The molecule has 0 aromatic heterocycles. The van der Waals surface area contributed by atoms with E-state index in [-0.39, 0.29) is 5.97 Å². The first kappa shape index (κ1) is 22.9. The summed E-state index contributed by atoms with van der Waals surface area (Å²) in [7, 11) is 0. The molecule has 0 amide bonds. The Labute approximate surface area is 178 Å². The number of rotatable bonds is 9. The van der Waals surface area contributed by atoms with E-state index in [1.165, 1.54) is 0 Å². The van der Waals surface area contributed by atoms with Gasteiger partial charge in [-0.2, -0.15) is 5.11 Å². The minimum Gasteiger partial charge on any atom is -0.463 e. The predicted molar refractivity (Wildman–Crippen MR) is 120 cm³/mol. The van der Waals surface area contributed by atoms with Crippen LogP contribution in [0, 0.1) is 12.3 Å². The van der Waals surface area contributed by atoms with Crippen LogP contribution in [0.4, 0.5) is 17.1 Å². The fraction of sp³-hybridized carbons (Fsp3) is 0.435. The minimum atomic E-state index is -0.440. The van der Waals surface area contributed by atoms with E-state index in [4.69, 9.17) is 16.3 Å². The number of carbonyl (C=O) groups is 1. The summed E-state index contributed by atoms with van der Waals surface area (Å²) in [5.41, 5.74) is 3.09. The van der Waals surface area contributed by atoms with E-state index in [2.05, 4.69) is 22.1 Å². The average Bonchev–Trinajstić information content (AvgIpc) is 2.71. The predicted octanol–water partition coefficient (Wildman–Crippen LogP) is 6.87. The Morgan fingerprint density at radius 2 is 1.79 bits per heavy atom. The van der Waals surface area contributed by atoms with Crippen LogP contribution in [0.15, 0.2) is 52.7 Å². The molecule has 0 saturated heterocycles. The van der Waals surface area contributed by atoms with E-state index in [1.807, 2.05) is 70.2 Å². The van der Waals surface area contributed by atoms with Crippen LogP contribution >= 0.6 is 11.6 Å². The molecule has 5 nitrogen and oxygen atoms in total. The number of aryl methyl sites for hydroxylation is 1. The number of anilines is 1. The number of azo groups is 1. The second kappa shape index (κ2) is 10.4. The van der Waals surface area contributed by atoms with E-state index in [9.17, 15) is 4.79 Å². The molecule has 6 heteroatoms. The maximum Gasteiger partial charge on any atom is 0.311 e. The highest BCUT2D eigenvalue weighted by molar-refractivity contribution is 6.33. The van der Waals surface area contributed by atoms with Crippen molar-refractivity contribution in [2.45, 2.75) is 41.0 Å². The van der Waals surface area contributed by atoms with Gasteiger partial charge in [-0.15, -0.1) is 5.11 Å². The smallest absolute Gasteiger partial charge is 0.311 e. The molecule has 0 aliphatic carbocycles. The Hall–Kier alpha value is -2.40. The molecule has 0 heterocycles. The SMILES string of the molecule is CCN(CCOC(=O)C(C)(C)CC)c1ccc(N=Nc2ccc(C)cc2Cl)cc1. The van der Waals surface area contributed by atoms with Gasteiger partial charge in [0.1, 0.15) is 12.3 Å². The van der Waals surface area contributed by atoms with Crippen molar-refractivity contribution in [3.8, 4) is 0 Å². The zero-order valence-corrected chi connectivity index (χ0v) is 18.7. The largest absolute Gasteiger partial charge is 0.463 e. The first-order chi connectivity index (χ1) is 13.8. The lowest BCUT2D eigenvalue weighted by Gasteiger charge is -2.25. The van der Waals surface area contributed by atoms with Crippen LogP contribution < -0.4 is 4.90 Å². The number of halogens is 1. The summed E-state index contributed by atoms with van der Waals surface area (Å²) >= 11 is 6.19. The molecule has 0 fully saturated rings. The van der Waals surface area contributed by atoms with Crippen molar-refractivity contribution in [1.82, 2.24) is 0 Å². The Balaban J connectivity index is 1.96. The average molecular weight is 416 g/mol. The second-order valence-corrected chi connectivity index (χ2v) is 8.03. The Morgan fingerprint density at radius 1 is 1.10 bits per heavy atom. The summed E-state index contributed by atoms with van der Waals surface area (Å²) in [5.74, 6) is -0.151. The zero-order chi connectivity index (χ0) is 21.4. The molecule has 29 heavy (non-hydrogen) atoms. The lowest BCUT2D eigenvalue weighted by Crippen LogP contribution is -2.31. The molecular formula is C23H30ClN3O2. The van der Waals surface area contributed by atoms with E-state index in [0.29, 0.717) is 23.9 Å². The van der Waals surface area contributed by atoms with Crippen molar-refractivity contribution in [1.29, 1.82) is 0 Å². The molecule has 0 radical (unpaired) electrons. The van der Waals surface area contributed by atoms with Gasteiger partial charge in [0.05, 0.1) is 22.7 Å². The van der Waals surface area contributed by atoms with Crippen LogP contribution in [0.3, 0.4) is 0 Å². The highest BCUT2D eigenvalue weighted by atomic mass is 35.5. The summed E-state index contributed by atoms with van der Waals surface area (Å²) in [6, 6.07) is 13.5. The van der Waals surface area contributed by atoms with Crippen LogP contribution in [-0.4, -0.2) is 25.7 Å². The molecule has 0 atom stereocenters. The summed E-state index contributed by atoms with van der Waals surface area (Å²) in [4.78, 5) is 14.3. The molecular weight excluding hydrogens is 386 g/mol. The van der Waals surface area contributed by atoms with Gasteiger partial charge in [0.15, 0.2) is 0 Å². The zero-order valence-electron chi connectivity index (χ0n) is 17.9. The van der Waals surface area contributed by atoms with Gasteiger partial charge in [-0.05, 0) is 76.1 Å². The van der Waals surface area contributed by atoms with E-state index >= 15 is 0 Å². The Bertz CT molecular complexity index is 848. The molecule has 0 bridgehead atoms. The molecule has 0 aliphatic rings. The number of benzene rings is 2. The van der Waals surface area contributed by atoms with Crippen molar-refractivity contribution >= 4 is 34.6 Å². The Kier molecular flexibility index (Phi) is 8.21. The first-order valence-electron chi connectivity index (χ1n) is 9.97. The molecule has 0 spiro atoms. The molecule has 156 valence electrons. The maximum atomic E-state index is 12.1. The van der Waals surface area contributed by atoms with Crippen LogP contribution in [0.5, 0.6) is 0 Å². The van der Waals surface area contributed by atoms with E-state index in [1.54, 1.807) is 0 Å². The van der Waals surface area contributed by atoms with Crippen LogP contribution in [0.1, 0.15) is 39.7 Å². The van der Waals surface area contributed by atoms with Gasteiger partial charge >= 0.3 is 5.97 Å². The normalized spacial score (nSPS) is 11.7. The third kappa shape index (κ3) is 6.57. The minimum absolute atomic E-state index is 0.151. The molecule has 0 saturated carbocycles. The number of hydrogen-bond acceptors (Lipinski definition) is 5. The molecule has 0 unspecified atom stereocenters. The molecule has 2 aromatic carbocycles. The summed E-state index contributed by atoms with van der Waals surface area (Å²) in [6.07, 6.45) is 0.757. The lowest BCUT2D eigenvalue weighted by atomic mass is 9.91. The molecule has 2 rings (SSSR count). The Morgan fingerprint density at radius 3 is 2.38 bits per heavy atom. The number of likely N-dealkylation sites (N-methyl/N-ethyl adjacent to an activating group) is 1. The van der Waals surface area contributed by atoms with Gasteiger partial charge in [0.25, 0.3) is 0 Å². The van der Waals surface area contributed by atoms with Gasteiger partial charge in [-0.3, -0.25) is 4.79 Å². The summed E-state index contributed by atoms with van der Waals surface area (Å²) in [6.45, 7) is 11.7.